The minimum Gasteiger partial charge on any atom is -0.346 e. The van der Waals surface area contributed by atoms with Crippen LogP contribution in [-0.2, 0) is 9.47 Å². The molecule has 0 bridgehead atoms. The molecule has 0 aliphatic carbocycles. The standard InChI is InChI=1S/C8H16O2S/c1-4-8(7(3)11)9-5-6(2)10-8/h6-7,11H,4-5H2,1-3H3. The molecule has 0 amide bonds. The lowest BCUT2D eigenvalue weighted by Crippen LogP contribution is -2.38. The first-order valence-corrected chi connectivity index (χ1v) is 4.62. The Morgan fingerprint density at radius 3 is 2.55 bits per heavy atom. The molecule has 66 valence electrons. The van der Waals surface area contributed by atoms with Gasteiger partial charge in [-0.05, 0) is 20.3 Å². The summed E-state index contributed by atoms with van der Waals surface area (Å²) in [6.07, 6.45) is 1.08. The van der Waals surface area contributed by atoms with Gasteiger partial charge in [-0.15, -0.1) is 0 Å². The summed E-state index contributed by atoms with van der Waals surface area (Å²) in [5.41, 5.74) is 0. The van der Waals surface area contributed by atoms with Crippen molar-refractivity contribution in [1.29, 1.82) is 0 Å². The van der Waals surface area contributed by atoms with E-state index < -0.39 is 5.79 Å². The minimum atomic E-state index is -0.428. The number of hydrogen-bond acceptors (Lipinski definition) is 3. The minimum absolute atomic E-state index is 0.137. The zero-order valence-electron chi connectivity index (χ0n) is 7.33. The van der Waals surface area contributed by atoms with Crippen molar-refractivity contribution in [2.24, 2.45) is 0 Å². The molecule has 1 heterocycles. The Balaban J connectivity index is 2.62. The molecule has 11 heavy (non-hydrogen) atoms. The van der Waals surface area contributed by atoms with E-state index in [1.807, 2.05) is 13.8 Å². The second kappa shape index (κ2) is 3.33. The molecule has 0 aromatic carbocycles. The lowest BCUT2D eigenvalue weighted by Gasteiger charge is -2.29. The summed E-state index contributed by atoms with van der Waals surface area (Å²) in [5.74, 6) is -0.428. The van der Waals surface area contributed by atoms with Crippen molar-refractivity contribution >= 4 is 12.6 Å². The van der Waals surface area contributed by atoms with Crippen molar-refractivity contribution in [2.75, 3.05) is 6.61 Å². The van der Waals surface area contributed by atoms with E-state index in [1.165, 1.54) is 0 Å². The number of hydrogen-bond donors (Lipinski definition) is 1. The maximum atomic E-state index is 5.66. The lowest BCUT2D eigenvalue weighted by atomic mass is 10.1. The van der Waals surface area contributed by atoms with Crippen LogP contribution < -0.4 is 0 Å². The molecule has 0 aromatic heterocycles. The maximum Gasteiger partial charge on any atom is 0.179 e. The van der Waals surface area contributed by atoms with Crippen molar-refractivity contribution in [2.45, 2.75) is 44.3 Å². The van der Waals surface area contributed by atoms with Gasteiger partial charge in [-0.1, -0.05) is 6.92 Å². The van der Waals surface area contributed by atoms with Gasteiger partial charge in [0.2, 0.25) is 0 Å². The average molecular weight is 176 g/mol. The van der Waals surface area contributed by atoms with Gasteiger partial charge in [0.15, 0.2) is 5.79 Å². The number of rotatable bonds is 2. The first-order chi connectivity index (χ1) is 5.10. The normalized spacial score (nSPS) is 40.9. The van der Waals surface area contributed by atoms with Gasteiger partial charge in [0.05, 0.1) is 18.0 Å². The first-order valence-electron chi connectivity index (χ1n) is 4.10. The molecule has 0 aromatic rings. The Bertz CT molecular complexity index is 138. The van der Waals surface area contributed by atoms with Crippen LogP contribution in [0.4, 0.5) is 0 Å². The van der Waals surface area contributed by atoms with Gasteiger partial charge >= 0.3 is 0 Å². The molecule has 3 heteroatoms. The fourth-order valence-corrected chi connectivity index (χ4v) is 1.68. The highest BCUT2D eigenvalue weighted by Gasteiger charge is 2.41. The van der Waals surface area contributed by atoms with Gasteiger partial charge in [-0.25, -0.2) is 0 Å². The van der Waals surface area contributed by atoms with E-state index in [9.17, 15) is 0 Å². The average Bonchev–Trinajstić information content (AvgIpc) is 2.33. The third kappa shape index (κ3) is 1.71. The molecule has 0 N–H and O–H groups in total. The van der Waals surface area contributed by atoms with E-state index in [1.54, 1.807) is 0 Å². The maximum absolute atomic E-state index is 5.66. The van der Waals surface area contributed by atoms with E-state index in [0.29, 0.717) is 6.61 Å². The molecule has 0 radical (unpaired) electrons. The Morgan fingerprint density at radius 2 is 2.36 bits per heavy atom. The van der Waals surface area contributed by atoms with Crippen LogP contribution in [0, 0.1) is 0 Å². The monoisotopic (exact) mass is 176 g/mol. The highest BCUT2D eigenvalue weighted by Crippen LogP contribution is 2.32. The fraction of sp³-hybridized carbons (Fsp3) is 1.00. The van der Waals surface area contributed by atoms with Gasteiger partial charge in [0.25, 0.3) is 0 Å². The van der Waals surface area contributed by atoms with E-state index >= 15 is 0 Å². The first kappa shape index (κ1) is 9.36. The van der Waals surface area contributed by atoms with Gasteiger partial charge in [0.1, 0.15) is 0 Å². The van der Waals surface area contributed by atoms with Crippen LogP contribution in [0.2, 0.25) is 0 Å². The molecule has 1 aliphatic heterocycles. The molecule has 3 atom stereocenters. The molecule has 1 fully saturated rings. The number of ether oxygens (including phenoxy) is 2. The van der Waals surface area contributed by atoms with Gasteiger partial charge < -0.3 is 9.47 Å². The second-order valence-electron chi connectivity index (χ2n) is 3.08. The van der Waals surface area contributed by atoms with E-state index in [-0.39, 0.29) is 11.4 Å². The van der Waals surface area contributed by atoms with Crippen LogP contribution in [0.25, 0.3) is 0 Å². The fourth-order valence-electron chi connectivity index (χ4n) is 1.37. The van der Waals surface area contributed by atoms with Crippen molar-refractivity contribution in [3.8, 4) is 0 Å². The van der Waals surface area contributed by atoms with Gasteiger partial charge in [-0.2, -0.15) is 12.6 Å². The van der Waals surface area contributed by atoms with Gasteiger partial charge in [-0.3, -0.25) is 0 Å². The molecule has 2 nitrogen and oxygen atoms in total. The summed E-state index contributed by atoms with van der Waals surface area (Å²) < 4.78 is 11.2. The third-order valence-corrected chi connectivity index (χ3v) is 2.49. The van der Waals surface area contributed by atoms with E-state index in [4.69, 9.17) is 9.47 Å². The van der Waals surface area contributed by atoms with Crippen molar-refractivity contribution in [1.82, 2.24) is 0 Å². The third-order valence-electron chi connectivity index (χ3n) is 2.09. The topological polar surface area (TPSA) is 18.5 Å². The van der Waals surface area contributed by atoms with E-state index in [2.05, 4.69) is 19.6 Å². The summed E-state index contributed by atoms with van der Waals surface area (Å²) in [6, 6.07) is 0. The SMILES string of the molecule is CCC1(C(C)S)OCC(C)O1. The predicted octanol–water partition coefficient (Wildman–Crippen LogP) is 1.85. The molecule has 0 saturated carbocycles. The molecule has 3 unspecified atom stereocenters. The quantitative estimate of drug-likeness (QED) is 0.647. The Hall–Kier alpha value is 0.270. The summed E-state index contributed by atoms with van der Waals surface area (Å²) in [6.45, 7) is 6.78. The molecular weight excluding hydrogens is 160 g/mol. The Morgan fingerprint density at radius 1 is 1.73 bits per heavy atom. The van der Waals surface area contributed by atoms with Crippen LogP contribution in [-0.4, -0.2) is 23.7 Å². The zero-order valence-corrected chi connectivity index (χ0v) is 8.23. The van der Waals surface area contributed by atoms with Crippen LogP contribution in [0.3, 0.4) is 0 Å². The summed E-state index contributed by atoms with van der Waals surface area (Å²) in [4.78, 5) is 0. The van der Waals surface area contributed by atoms with Crippen molar-refractivity contribution in [3.05, 3.63) is 0 Å². The Labute approximate surface area is 73.7 Å². The predicted molar refractivity (Wildman–Crippen MR) is 48.0 cm³/mol. The largest absolute Gasteiger partial charge is 0.346 e. The van der Waals surface area contributed by atoms with E-state index in [0.717, 1.165) is 6.42 Å². The zero-order chi connectivity index (χ0) is 8.48. The molecule has 1 aliphatic rings. The number of thiol groups is 1. The van der Waals surface area contributed by atoms with Crippen LogP contribution in [0.15, 0.2) is 0 Å². The summed E-state index contributed by atoms with van der Waals surface area (Å²) in [5, 5.41) is 0.137. The summed E-state index contributed by atoms with van der Waals surface area (Å²) >= 11 is 4.35. The lowest BCUT2D eigenvalue weighted by molar-refractivity contribution is -0.165. The van der Waals surface area contributed by atoms with Gasteiger partial charge in [0, 0.05) is 0 Å². The molecule has 1 saturated heterocycles. The Kier molecular flexibility index (Phi) is 2.84. The highest BCUT2D eigenvalue weighted by molar-refractivity contribution is 7.81. The van der Waals surface area contributed by atoms with Crippen LogP contribution in [0.5, 0.6) is 0 Å². The van der Waals surface area contributed by atoms with Crippen LogP contribution >= 0.6 is 12.6 Å². The molecular formula is C8H16O2S. The highest BCUT2D eigenvalue weighted by atomic mass is 32.1. The van der Waals surface area contributed by atoms with Crippen LogP contribution in [0.1, 0.15) is 27.2 Å². The molecule has 0 spiro atoms. The summed E-state index contributed by atoms with van der Waals surface area (Å²) in [7, 11) is 0. The van der Waals surface area contributed by atoms with Crippen molar-refractivity contribution in [3.63, 3.8) is 0 Å². The smallest absolute Gasteiger partial charge is 0.179 e. The molecule has 1 rings (SSSR count). The van der Waals surface area contributed by atoms with Crippen molar-refractivity contribution < 1.29 is 9.47 Å². The second-order valence-corrected chi connectivity index (χ2v) is 3.86.